The zero-order chi connectivity index (χ0) is 13.0. The summed E-state index contributed by atoms with van der Waals surface area (Å²) in [5.74, 6) is 0.137. The summed E-state index contributed by atoms with van der Waals surface area (Å²) in [7, 11) is 1.68. The van der Waals surface area contributed by atoms with Gasteiger partial charge in [-0.25, -0.2) is 0 Å². The van der Waals surface area contributed by atoms with Gasteiger partial charge in [0.25, 0.3) is 0 Å². The number of fused-ring (bicyclic) bond motifs is 2. The summed E-state index contributed by atoms with van der Waals surface area (Å²) in [6.07, 6.45) is 5.38. The largest absolute Gasteiger partial charge is 0.385 e. The van der Waals surface area contributed by atoms with Crippen LogP contribution >= 0.6 is 0 Å². The normalized spacial score (nSPS) is 31.6. The molecule has 5 nitrogen and oxygen atoms in total. The van der Waals surface area contributed by atoms with Crippen LogP contribution in [0.5, 0.6) is 0 Å². The van der Waals surface area contributed by atoms with E-state index in [2.05, 4.69) is 10.2 Å². The van der Waals surface area contributed by atoms with E-state index in [0.717, 1.165) is 19.3 Å². The molecule has 2 unspecified atom stereocenters. The van der Waals surface area contributed by atoms with Crippen LogP contribution in [-0.4, -0.2) is 55.7 Å². The Labute approximate surface area is 109 Å². The molecule has 2 aliphatic heterocycles. The van der Waals surface area contributed by atoms with Gasteiger partial charge >= 0.3 is 0 Å². The first-order valence-corrected chi connectivity index (χ1v) is 6.97. The first kappa shape index (κ1) is 13.8. The first-order valence-electron chi connectivity index (χ1n) is 6.97. The first-order chi connectivity index (χ1) is 8.70. The maximum Gasteiger partial charge on any atom is 0.234 e. The molecule has 104 valence electrons. The van der Waals surface area contributed by atoms with Crippen molar-refractivity contribution in [2.24, 2.45) is 5.73 Å². The molecule has 0 spiro atoms. The number of nitrogens with one attached hydrogen (secondary N) is 1. The molecule has 0 radical (unpaired) electrons. The molecule has 0 aromatic heterocycles. The lowest BCUT2D eigenvalue weighted by atomic mass is 9.98. The molecule has 0 aromatic rings. The lowest BCUT2D eigenvalue weighted by Crippen LogP contribution is -2.50. The van der Waals surface area contributed by atoms with Gasteiger partial charge in [0, 0.05) is 38.4 Å². The van der Waals surface area contributed by atoms with Gasteiger partial charge in [0.2, 0.25) is 5.91 Å². The molecule has 2 heterocycles. The Kier molecular flexibility index (Phi) is 4.97. The molecule has 2 rings (SSSR count). The van der Waals surface area contributed by atoms with Gasteiger partial charge in [0.15, 0.2) is 0 Å². The summed E-state index contributed by atoms with van der Waals surface area (Å²) >= 11 is 0. The van der Waals surface area contributed by atoms with Crippen molar-refractivity contribution in [1.29, 1.82) is 0 Å². The van der Waals surface area contributed by atoms with Crippen LogP contribution in [0.25, 0.3) is 0 Å². The minimum atomic E-state index is 0.137. The number of nitrogens with zero attached hydrogens (tertiary/aromatic N) is 1. The van der Waals surface area contributed by atoms with E-state index in [1.807, 2.05) is 0 Å². The van der Waals surface area contributed by atoms with Crippen LogP contribution in [0, 0.1) is 0 Å². The van der Waals surface area contributed by atoms with Crippen molar-refractivity contribution in [1.82, 2.24) is 10.2 Å². The number of hydrogen-bond acceptors (Lipinski definition) is 4. The van der Waals surface area contributed by atoms with E-state index >= 15 is 0 Å². The van der Waals surface area contributed by atoms with Crippen LogP contribution < -0.4 is 11.1 Å². The SMILES string of the molecule is COCCCNC(=O)CN1C2CCC1CC(N)C2. The average Bonchev–Trinajstić information content (AvgIpc) is 2.59. The molecule has 2 atom stereocenters. The zero-order valence-electron chi connectivity index (χ0n) is 11.2. The van der Waals surface area contributed by atoms with E-state index in [1.165, 1.54) is 12.8 Å². The monoisotopic (exact) mass is 255 g/mol. The maximum absolute atomic E-state index is 11.8. The highest BCUT2D eigenvalue weighted by Crippen LogP contribution is 2.34. The zero-order valence-corrected chi connectivity index (χ0v) is 11.2. The van der Waals surface area contributed by atoms with E-state index in [-0.39, 0.29) is 5.91 Å². The minimum Gasteiger partial charge on any atom is -0.385 e. The molecule has 0 saturated carbocycles. The number of carbonyl (C=O) groups excluding carboxylic acids is 1. The number of nitrogens with two attached hydrogens (primary N) is 1. The number of piperidine rings is 1. The molecule has 0 aromatic carbocycles. The number of methoxy groups -OCH3 is 1. The molecule has 18 heavy (non-hydrogen) atoms. The molecule has 2 bridgehead atoms. The Bertz CT molecular complexity index is 271. The van der Waals surface area contributed by atoms with Gasteiger partial charge in [-0.2, -0.15) is 0 Å². The van der Waals surface area contributed by atoms with Crippen molar-refractivity contribution in [2.45, 2.75) is 50.2 Å². The van der Waals surface area contributed by atoms with Crippen LogP contribution in [0.4, 0.5) is 0 Å². The molecule has 2 saturated heterocycles. The third-order valence-electron chi connectivity index (χ3n) is 4.09. The fourth-order valence-electron chi connectivity index (χ4n) is 3.24. The van der Waals surface area contributed by atoms with Crippen molar-refractivity contribution < 1.29 is 9.53 Å². The predicted molar refractivity (Wildman–Crippen MR) is 70.2 cm³/mol. The molecule has 2 aliphatic rings. The number of hydrogen-bond donors (Lipinski definition) is 2. The van der Waals surface area contributed by atoms with E-state index in [9.17, 15) is 4.79 Å². The number of carbonyl (C=O) groups is 1. The second-order valence-corrected chi connectivity index (χ2v) is 5.49. The Morgan fingerprint density at radius 3 is 2.67 bits per heavy atom. The summed E-state index contributed by atoms with van der Waals surface area (Å²) < 4.78 is 4.95. The highest BCUT2D eigenvalue weighted by Gasteiger charge is 2.40. The van der Waals surface area contributed by atoms with Crippen LogP contribution in [0.3, 0.4) is 0 Å². The number of ether oxygens (including phenoxy) is 1. The Morgan fingerprint density at radius 2 is 2.06 bits per heavy atom. The van der Waals surface area contributed by atoms with Crippen LogP contribution in [0.15, 0.2) is 0 Å². The number of rotatable bonds is 6. The quantitative estimate of drug-likeness (QED) is 0.660. The second kappa shape index (κ2) is 6.50. The van der Waals surface area contributed by atoms with Crippen molar-refractivity contribution >= 4 is 5.91 Å². The maximum atomic E-state index is 11.8. The fraction of sp³-hybridized carbons (Fsp3) is 0.923. The van der Waals surface area contributed by atoms with E-state index in [4.69, 9.17) is 10.5 Å². The van der Waals surface area contributed by atoms with Gasteiger partial charge in [0.1, 0.15) is 0 Å². The lowest BCUT2D eigenvalue weighted by Gasteiger charge is -2.37. The second-order valence-electron chi connectivity index (χ2n) is 5.49. The highest BCUT2D eigenvalue weighted by atomic mass is 16.5. The van der Waals surface area contributed by atoms with Gasteiger partial charge in [-0.1, -0.05) is 0 Å². The van der Waals surface area contributed by atoms with Crippen molar-refractivity contribution in [2.75, 3.05) is 26.8 Å². The number of amides is 1. The van der Waals surface area contributed by atoms with E-state index < -0.39 is 0 Å². The van der Waals surface area contributed by atoms with Gasteiger partial charge in [-0.15, -0.1) is 0 Å². The average molecular weight is 255 g/mol. The third kappa shape index (κ3) is 3.43. The van der Waals surface area contributed by atoms with Gasteiger partial charge < -0.3 is 15.8 Å². The van der Waals surface area contributed by atoms with Crippen molar-refractivity contribution in [3.8, 4) is 0 Å². The van der Waals surface area contributed by atoms with Crippen molar-refractivity contribution in [3.05, 3.63) is 0 Å². The standard InChI is InChI=1S/C13H25N3O2/c1-18-6-2-5-15-13(17)9-16-11-3-4-12(16)8-10(14)7-11/h10-12H,2-9,14H2,1H3,(H,15,17). The van der Waals surface area contributed by atoms with Crippen LogP contribution in [-0.2, 0) is 9.53 Å². The van der Waals surface area contributed by atoms with Crippen LogP contribution in [0.1, 0.15) is 32.1 Å². The molecular formula is C13H25N3O2. The topological polar surface area (TPSA) is 67.6 Å². The molecule has 5 heteroatoms. The van der Waals surface area contributed by atoms with Gasteiger partial charge in [0.05, 0.1) is 6.54 Å². The smallest absolute Gasteiger partial charge is 0.234 e. The minimum absolute atomic E-state index is 0.137. The molecule has 2 fully saturated rings. The molecule has 0 aliphatic carbocycles. The summed E-state index contributed by atoms with van der Waals surface area (Å²) in [4.78, 5) is 14.2. The fourth-order valence-corrected chi connectivity index (χ4v) is 3.24. The Hall–Kier alpha value is -0.650. The third-order valence-corrected chi connectivity index (χ3v) is 4.09. The molecule has 1 amide bonds. The highest BCUT2D eigenvalue weighted by molar-refractivity contribution is 5.78. The van der Waals surface area contributed by atoms with E-state index in [0.29, 0.717) is 37.8 Å². The van der Waals surface area contributed by atoms with Crippen LogP contribution in [0.2, 0.25) is 0 Å². The van der Waals surface area contributed by atoms with Crippen molar-refractivity contribution in [3.63, 3.8) is 0 Å². The summed E-state index contributed by atoms with van der Waals surface area (Å²) in [6.45, 7) is 1.94. The summed E-state index contributed by atoms with van der Waals surface area (Å²) in [6, 6.07) is 1.40. The van der Waals surface area contributed by atoms with Gasteiger partial charge in [-0.3, -0.25) is 9.69 Å². The summed E-state index contributed by atoms with van der Waals surface area (Å²) in [5.41, 5.74) is 6.02. The van der Waals surface area contributed by atoms with Gasteiger partial charge in [-0.05, 0) is 32.1 Å². The predicted octanol–water partition coefficient (Wildman–Crippen LogP) is 0.0932. The summed E-state index contributed by atoms with van der Waals surface area (Å²) in [5, 5.41) is 2.95. The molecule has 3 N–H and O–H groups in total. The Balaban J connectivity index is 1.71. The Morgan fingerprint density at radius 1 is 1.39 bits per heavy atom. The lowest BCUT2D eigenvalue weighted by molar-refractivity contribution is -0.123. The van der Waals surface area contributed by atoms with E-state index in [1.54, 1.807) is 7.11 Å². The molecular weight excluding hydrogens is 230 g/mol.